The number of carboxylic acids is 1. The fourth-order valence-electron chi connectivity index (χ4n) is 1.48. The van der Waals surface area contributed by atoms with E-state index in [2.05, 4.69) is 10.3 Å². The van der Waals surface area contributed by atoms with Crippen LogP contribution in [0.1, 0.15) is 5.69 Å². The van der Waals surface area contributed by atoms with Crippen LogP contribution in [-0.2, 0) is 20.7 Å². The van der Waals surface area contributed by atoms with Gasteiger partial charge in [-0.25, -0.2) is 4.98 Å². The molecule has 7 heteroatoms. The van der Waals surface area contributed by atoms with Gasteiger partial charge in [0.05, 0.1) is 38.0 Å². The molecule has 94 valence electrons. The van der Waals surface area contributed by atoms with Crippen molar-refractivity contribution in [1.29, 1.82) is 0 Å². The standard InChI is InChI=1S/C10H14N2O4S/c13-9(14)3-7-6-17-10(12-7)11-4-8-5-15-1-2-16-8/h6,8H,1-5H2,(H,11,12)(H,13,14). The van der Waals surface area contributed by atoms with Crippen molar-refractivity contribution in [3.05, 3.63) is 11.1 Å². The minimum absolute atomic E-state index is 0.0376. The Balaban J connectivity index is 1.78. The molecule has 1 fully saturated rings. The summed E-state index contributed by atoms with van der Waals surface area (Å²) in [5.74, 6) is -0.870. The van der Waals surface area contributed by atoms with Crippen LogP contribution >= 0.6 is 11.3 Å². The number of anilines is 1. The monoisotopic (exact) mass is 258 g/mol. The predicted molar refractivity (Wildman–Crippen MR) is 62.5 cm³/mol. The van der Waals surface area contributed by atoms with Crippen LogP contribution in [0.5, 0.6) is 0 Å². The van der Waals surface area contributed by atoms with E-state index in [1.54, 1.807) is 5.38 Å². The number of aromatic nitrogens is 1. The third-order valence-corrected chi connectivity index (χ3v) is 3.10. The number of carboxylic acid groups (broad SMARTS) is 1. The normalized spacial score (nSPS) is 20.1. The lowest BCUT2D eigenvalue weighted by atomic mass is 10.3. The lowest BCUT2D eigenvalue weighted by Gasteiger charge is -2.22. The first-order chi connectivity index (χ1) is 8.24. The van der Waals surface area contributed by atoms with E-state index in [-0.39, 0.29) is 12.5 Å². The highest BCUT2D eigenvalue weighted by Crippen LogP contribution is 2.16. The van der Waals surface area contributed by atoms with Crippen LogP contribution in [0.2, 0.25) is 0 Å². The Bertz CT molecular complexity index is 376. The maximum absolute atomic E-state index is 10.5. The van der Waals surface area contributed by atoms with Gasteiger partial charge >= 0.3 is 5.97 Å². The van der Waals surface area contributed by atoms with E-state index in [4.69, 9.17) is 14.6 Å². The second-order valence-corrected chi connectivity index (χ2v) is 4.52. The average Bonchev–Trinajstić information content (AvgIpc) is 2.75. The number of rotatable bonds is 5. The Kier molecular flexibility index (Phi) is 4.29. The largest absolute Gasteiger partial charge is 0.481 e. The molecule has 1 saturated heterocycles. The zero-order valence-corrected chi connectivity index (χ0v) is 10.0. The van der Waals surface area contributed by atoms with E-state index in [1.165, 1.54) is 11.3 Å². The molecule has 6 nitrogen and oxygen atoms in total. The molecule has 0 spiro atoms. The quantitative estimate of drug-likeness (QED) is 0.805. The number of nitrogens with zero attached hydrogens (tertiary/aromatic N) is 1. The smallest absolute Gasteiger partial charge is 0.309 e. The van der Waals surface area contributed by atoms with Crippen molar-refractivity contribution in [2.75, 3.05) is 31.7 Å². The summed E-state index contributed by atoms with van der Waals surface area (Å²) in [7, 11) is 0. The molecule has 0 radical (unpaired) electrons. The first-order valence-electron chi connectivity index (χ1n) is 5.33. The first-order valence-corrected chi connectivity index (χ1v) is 6.21. The summed E-state index contributed by atoms with van der Waals surface area (Å²) in [5, 5.41) is 14.2. The minimum atomic E-state index is -0.870. The van der Waals surface area contributed by atoms with Crippen LogP contribution in [0.25, 0.3) is 0 Å². The lowest BCUT2D eigenvalue weighted by molar-refractivity contribution is -0.136. The zero-order chi connectivity index (χ0) is 12.1. The number of nitrogens with one attached hydrogen (secondary N) is 1. The molecule has 1 aliphatic rings. The summed E-state index contributed by atoms with van der Waals surface area (Å²) in [4.78, 5) is 14.7. The molecule has 0 bridgehead atoms. The van der Waals surface area contributed by atoms with Crippen molar-refractivity contribution in [1.82, 2.24) is 4.98 Å². The van der Waals surface area contributed by atoms with Crippen molar-refractivity contribution >= 4 is 22.4 Å². The molecular formula is C10H14N2O4S. The summed E-state index contributed by atoms with van der Waals surface area (Å²) in [5.41, 5.74) is 0.575. The van der Waals surface area contributed by atoms with Gasteiger partial charge < -0.3 is 19.9 Å². The topological polar surface area (TPSA) is 80.7 Å². The average molecular weight is 258 g/mol. The summed E-state index contributed by atoms with van der Waals surface area (Å²) >= 11 is 1.40. The number of ether oxygens (including phenoxy) is 2. The molecule has 1 aliphatic heterocycles. The summed E-state index contributed by atoms with van der Waals surface area (Å²) in [6.45, 7) is 2.48. The van der Waals surface area contributed by atoms with E-state index in [1.807, 2.05) is 0 Å². The molecule has 1 aromatic rings. The maximum atomic E-state index is 10.5. The molecule has 0 aromatic carbocycles. The molecule has 1 unspecified atom stereocenters. The van der Waals surface area contributed by atoms with Crippen molar-refractivity contribution < 1.29 is 19.4 Å². The van der Waals surface area contributed by atoms with E-state index in [9.17, 15) is 4.79 Å². The predicted octanol–water partition coefficient (Wildman–Crippen LogP) is 0.597. The third-order valence-electron chi connectivity index (χ3n) is 2.25. The zero-order valence-electron chi connectivity index (χ0n) is 9.22. The van der Waals surface area contributed by atoms with Gasteiger partial charge in [-0.3, -0.25) is 4.79 Å². The van der Waals surface area contributed by atoms with Crippen LogP contribution < -0.4 is 5.32 Å². The maximum Gasteiger partial charge on any atom is 0.309 e. The Labute approximate surface area is 103 Å². The van der Waals surface area contributed by atoms with E-state index < -0.39 is 5.97 Å². The Morgan fingerprint density at radius 2 is 2.53 bits per heavy atom. The van der Waals surface area contributed by atoms with Crippen molar-refractivity contribution in [3.8, 4) is 0 Å². The fourth-order valence-corrected chi connectivity index (χ4v) is 2.20. The molecule has 0 amide bonds. The number of thiazole rings is 1. The van der Waals surface area contributed by atoms with Gasteiger partial charge in [-0.05, 0) is 0 Å². The Hall–Kier alpha value is -1.18. The summed E-state index contributed by atoms with van der Waals surface area (Å²) in [6, 6.07) is 0. The molecule has 2 heterocycles. The van der Waals surface area contributed by atoms with Gasteiger partial charge in [0.15, 0.2) is 5.13 Å². The van der Waals surface area contributed by atoms with E-state index >= 15 is 0 Å². The highest BCUT2D eigenvalue weighted by molar-refractivity contribution is 7.13. The Morgan fingerprint density at radius 1 is 1.65 bits per heavy atom. The minimum Gasteiger partial charge on any atom is -0.481 e. The molecule has 17 heavy (non-hydrogen) atoms. The molecular weight excluding hydrogens is 244 g/mol. The molecule has 2 N–H and O–H groups in total. The molecule has 1 aromatic heterocycles. The fraction of sp³-hybridized carbons (Fsp3) is 0.600. The van der Waals surface area contributed by atoms with Gasteiger partial charge in [-0.1, -0.05) is 0 Å². The van der Waals surface area contributed by atoms with Crippen molar-refractivity contribution in [2.45, 2.75) is 12.5 Å². The Morgan fingerprint density at radius 3 is 3.24 bits per heavy atom. The number of carbonyl (C=O) groups is 1. The second-order valence-electron chi connectivity index (χ2n) is 3.66. The van der Waals surface area contributed by atoms with Gasteiger partial charge in [-0.2, -0.15) is 0 Å². The van der Waals surface area contributed by atoms with Crippen LogP contribution in [0.3, 0.4) is 0 Å². The van der Waals surface area contributed by atoms with Gasteiger partial charge in [0, 0.05) is 11.9 Å². The number of hydrogen-bond acceptors (Lipinski definition) is 6. The SMILES string of the molecule is O=C(O)Cc1csc(NCC2COCCO2)n1. The van der Waals surface area contributed by atoms with Crippen LogP contribution in [-0.4, -0.2) is 48.5 Å². The first kappa shape index (κ1) is 12.3. The summed E-state index contributed by atoms with van der Waals surface area (Å²) < 4.78 is 10.7. The van der Waals surface area contributed by atoms with E-state index in [0.717, 1.165) is 5.13 Å². The molecule has 2 rings (SSSR count). The van der Waals surface area contributed by atoms with Crippen LogP contribution in [0.4, 0.5) is 5.13 Å². The molecule has 0 saturated carbocycles. The number of aliphatic carboxylic acids is 1. The van der Waals surface area contributed by atoms with Crippen LogP contribution in [0, 0.1) is 0 Å². The van der Waals surface area contributed by atoms with E-state index in [0.29, 0.717) is 32.1 Å². The van der Waals surface area contributed by atoms with Gasteiger partial charge in [-0.15, -0.1) is 11.3 Å². The van der Waals surface area contributed by atoms with Gasteiger partial charge in [0.25, 0.3) is 0 Å². The van der Waals surface area contributed by atoms with Crippen molar-refractivity contribution in [2.24, 2.45) is 0 Å². The third kappa shape index (κ3) is 3.95. The highest BCUT2D eigenvalue weighted by Gasteiger charge is 2.14. The van der Waals surface area contributed by atoms with Gasteiger partial charge in [0.2, 0.25) is 0 Å². The molecule has 0 aliphatic carbocycles. The van der Waals surface area contributed by atoms with Gasteiger partial charge in [0.1, 0.15) is 0 Å². The highest BCUT2D eigenvalue weighted by atomic mass is 32.1. The number of hydrogen-bond donors (Lipinski definition) is 2. The molecule has 1 atom stereocenters. The second kappa shape index (κ2) is 5.95. The van der Waals surface area contributed by atoms with Crippen molar-refractivity contribution in [3.63, 3.8) is 0 Å². The lowest BCUT2D eigenvalue weighted by Crippen LogP contribution is -2.34. The van der Waals surface area contributed by atoms with Crippen LogP contribution in [0.15, 0.2) is 5.38 Å². The summed E-state index contributed by atoms with van der Waals surface area (Å²) in [6.07, 6.45) is -0.00289.